The summed E-state index contributed by atoms with van der Waals surface area (Å²) < 4.78 is 0. The molecule has 0 fully saturated rings. The summed E-state index contributed by atoms with van der Waals surface area (Å²) >= 11 is 6.31. The fourth-order valence-corrected chi connectivity index (χ4v) is 4.36. The van der Waals surface area contributed by atoms with Crippen LogP contribution < -0.4 is 0 Å². The molecule has 0 saturated carbocycles. The number of allylic oxidation sites excluding steroid dienone is 2. The van der Waals surface area contributed by atoms with Crippen LogP contribution in [0.15, 0.2) is 127 Å². The maximum Gasteiger partial charge on any atom is 0.0493 e. The van der Waals surface area contributed by atoms with Crippen molar-refractivity contribution in [3.63, 3.8) is 0 Å². The van der Waals surface area contributed by atoms with Gasteiger partial charge in [0.1, 0.15) is 0 Å². The lowest BCUT2D eigenvalue weighted by Gasteiger charge is -2.33. The SMILES string of the molecule is Clc1cccc(C=C(c2ccccc2)N2CC=C(c3ccccc3)C=C2c2ccccc2)c1. The summed E-state index contributed by atoms with van der Waals surface area (Å²) in [5, 5.41) is 0.736. The lowest BCUT2D eigenvalue weighted by molar-refractivity contribution is 0.618. The Morgan fingerprint density at radius 3 is 2.00 bits per heavy atom. The van der Waals surface area contributed by atoms with Crippen molar-refractivity contribution in [3.05, 3.63) is 155 Å². The first-order valence-electron chi connectivity index (χ1n) is 11.1. The predicted molar refractivity (Wildman–Crippen MR) is 141 cm³/mol. The van der Waals surface area contributed by atoms with Crippen LogP contribution in [-0.2, 0) is 0 Å². The number of hydrogen-bond acceptors (Lipinski definition) is 1. The van der Waals surface area contributed by atoms with Gasteiger partial charge < -0.3 is 4.90 Å². The van der Waals surface area contributed by atoms with Crippen LogP contribution in [-0.4, -0.2) is 11.4 Å². The van der Waals surface area contributed by atoms with E-state index >= 15 is 0 Å². The summed E-state index contributed by atoms with van der Waals surface area (Å²) in [6, 6.07) is 39.7. The van der Waals surface area contributed by atoms with Gasteiger partial charge in [0.2, 0.25) is 0 Å². The first-order chi connectivity index (χ1) is 16.3. The molecule has 1 aliphatic heterocycles. The standard InChI is InChI=1S/C31H24ClN/c32-29-18-10-11-24(21-29)22-30(26-14-6-2-7-15-26)33-20-19-28(25-12-4-1-5-13-25)23-31(33)27-16-8-3-9-17-27/h1-19,21-23H,20H2. The summed E-state index contributed by atoms with van der Waals surface area (Å²) in [7, 11) is 0. The van der Waals surface area contributed by atoms with Gasteiger partial charge in [0.15, 0.2) is 0 Å². The quantitative estimate of drug-likeness (QED) is 0.279. The third-order valence-electron chi connectivity index (χ3n) is 5.77. The van der Waals surface area contributed by atoms with E-state index in [1.54, 1.807) is 0 Å². The van der Waals surface area contributed by atoms with E-state index < -0.39 is 0 Å². The molecule has 4 aromatic rings. The Bertz CT molecular complexity index is 1320. The molecule has 1 aliphatic rings. The predicted octanol–water partition coefficient (Wildman–Crippen LogP) is 8.28. The number of halogens is 1. The molecule has 2 heteroatoms. The molecule has 0 atom stereocenters. The molecule has 5 rings (SSSR count). The molecule has 0 aromatic heterocycles. The molecule has 160 valence electrons. The van der Waals surface area contributed by atoms with Gasteiger partial charge in [-0.15, -0.1) is 0 Å². The van der Waals surface area contributed by atoms with Crippen LogP contribution in [0.3, 0.4) is 0 Å². The van der Waals surface area contributed by atoms with Gasteiger partial charge in [-0.05, 0) is 52.1 Å². The second-order valence-electron chi connectivity index (χ2n) is 7.98. The van der Waals surface area contributed by atoms with E-state index in [0.717, 1.165) is 28.4 Å². The Morgan fingerprint density at radius 2 is 1.33 bits per heavy atom. The van der Waals surface area contributed by atoms with E-state index in [4.69, 9.17) is 11.6 Å². The molecule has 0 amide bonds. The van der Waals surface area contributed by atoms with Gasteiger partial charge in [-0.2, -0.15) is 0 Å². The van der Waals surface area contributed by atoms with Crippen molar-refractivity contribution in [3.8, 4) is 0 Å². The molecule has 0 spiro atoms. The Morgan fingerprint density at radius 1 is 0.697 bits per heavy atom. The third-order valence-corrected chi connectivity index (χ3v) is 6.00. The van der Waals surface area contributed by atoms with Crippen molar-refractivity contribution in [2.75, 3.05) is 6.54 Å². The van der Waals surface area contributed by atoms with Gasteiger partial charge in [0.05, 0.1) is 0 Å². The van der Waals surface area contributed by atoms with Crippen molar-refractivity contribution in [1.29, 1.82) is 0 Å². The van der Waals surface area contributed by atoms with Crippen molar-refractivity contribution < 1.29 is 0 Å². The highest BCUT2D eigenvalue weighted by atomic mass is 35.5. The Hall–Kier alpha value is -3.81. The van der Waals surface area contributed by atoms with E-state index in [1.165, 1.54) is 22.4 Å². The van der Waals surface area contributed by atoms with E-state index in [2.05, 4.69) is 120 Å². The molecule has 0 aliphatic carbocycles. The molecule has 0 N–H and O–H groups in total. The minimum absolute atomic E-state index is 0.736. The van der Waals surface area contributed by atoms with E-state index in [-0.39, 0.29) is 0 Å². The van der Waals surface area contributed by atoms with Gasteiger partial charge in [-0.3, -0.25) is 0 Å². The van der Waals surface area contributed by atoms with Crippen LogP contribution in [0.4, 0.5) is 0 Å². The smallest absolute Gasteiger partial charge is 0.0493 e. The highest BCUT2D eigenvalue weighted by Crippen LogP contribution is 2.36. The van der Waals surface area contributed by atoms with Gasteiger partial charge in [-0.25, -0.2) is 0 Å². The maximum absolute atomic E-state index is 6.31. The Balaban J connectivity index is 1.65. The van der Waals surface area contributed by atoms with Crippen LogP contribution in [0, 0.1) is 0 Å². The molecule has 33 heavy (non-hydrogen) atoms. The zero-order valence-electron chi connectivity index (χ0n) is 18.2. The zero-order chi connectivity index (χ0) is 22.5. The number of rotatable bonds is 5. The second kappa shape index (κ2) is 9.77. The third kappa shape index (κ3) is 4.84. The van der Waals surface area contributed by atoms with E-state index in [1.807, 2.05) is 18.2 Å². The molecule has 0 saturated heterocycles. The summed E-state index contributed by atoms with van der Waals surface area (Å²) in [6.07, 6.45) is 6.82. The summed E-state index contributed by atoms with van der Waals surface area (Å²) in [5.41, 5.74) is 8.20. The van der Waals surface area contributed by atoms with Crippen molar-refractivity contribution in [2.24, 2.45) is 0 Å². The normalized spacial score (nSPS) is 14.0. The summed E-state index contributed by atoms with van der Waals surface area (Å²) in [5.74, 6) is 0. The van der Waals surface area contributed by atoms with Crippen LogP contribution in [0.5, 0.6) is 0 Å². The van der Waals surface area contributed by atoms with Crippen molar-refractivity contribution in [2.45, 2.75) is 0 Å². The fourth-order valence-electron chi connectivity index (χ4n) is 4.16. The average Bonchev–Trinajstić information content (AvgIpc) is 2.89. The zero-order valence-corrected chi connectivity index (χ0v) is 19.0. The molecule has 1 heterocycles. The molecule has 0 radical (unpaired) electrons. The van der Waals surface area contributed by atoms with Crippen molar-refractivity contribution >= 4 is 34.6 Å². The highest BCUT2D eigenvalue weighted by molar-refractivity contribution is 6.30. The van der Waals surface area contributed by atoms with Gasteiger partial charge >= 0.3 is 0 Å². The van der Waals surface area contributed by atoms with Gasteiger partial charge in [0.25, 0.3) is 0 Å². The molecule has 0 unspecified atom stereocenters. The maximum atomic E-state index is 6.31. The van der Waals surface area contributed by atoms with Crippen LogP contribution in [0.25, 0.3) is 23.0 Å². The molecular formula is C31H24ClN. The number of hydrogen-bond donors (Lipinski definition) is 0. The fraction of sp³-hybridized carbons (Fsp3) is 0.0323. The molecule has 1 nitrogen and oxygen atoms in total. The van der Waals surface area contributed by atoms with E-state index in [9.17, 15) is 0 Å². The lowest BCUT2D eigenvalue weighted by Crippen LogP contribution is -2.23. The molecule has 0 bridgehead atoms. The minimum atomic E-state index is 0.736. The van der Waals surface area contributed by atoms with E-state index in [0.29, 0.717) is 0 Å². The van der Waals surface area contributed by atoms with Crippen molar-refractivity contribution in [1.82, 2.24) is 4.90 Å². The Kier molecular flexibility index (Phi) is 6.23. The van der Waals surface area contributed by atoms with Gasteiger partial charge in [0, 0.05) is 23.0 Å². The lowest BCUT2D eigenvalue weighted by atomic mass is 9.96. The largest absolute Gasteiger partial charge is 0.337 e. The minimum Gasteiger partial charge on any atom is -0.337 e. The van der Waals surface area contributed by atoms with Crippen LogP contribution in [0.1, 0.15) is 22.3 Å². The summed E-state index contributed by atoms with van der Waals surface area (Å²) in [6.45, 7) is 0.770. The Labute approximate surface area is 200 Å². The average molecular weight is 446 g/mol. The topological polar surface area (TPSA) is 3.24 Å². The first kappa shape index (κ1) is 21.1. The van der Waals surface area contributed by atoms with Crippen LogP contribution in [0.2, 0.25) is 5.02 Å². The highest BCUT2D eigenvalue weighted by Gasteiger charge is 2.21. The molecule has 4 aromatic carbocycles. The number of nitrogens with zero attached hydrogens (tertiary/aromatic N) is 1. The molecular weight excluding hydrogens is 422 g/mol. The number of benzene rings is 4. The van der Waals surface area contributed by atoms with Crippen LogP contribution >= 0.6 is 11.6 Å². The second-order valence-corrected chi connectivity index (χ2v) is 8.42. The monoisotopic (exact) mass is 445 g/mol. The summed E-state index contributed by atoms with van der Waals surface area (Å²) in [4.78, 5) is 2.39. The first-order valence-corrected chi connectivity index (χ1v) is 11.5. The van der Waals surface area contributed by atoms with Gasteiger partial charge in [-0.1, -0.05) is 121 Å².